The Kier molecular flexibility index (Phi) is 6.04. The molecule has 1 aliphatic rings. The fourth-order valence-corrected chi connectivity index (χ4v) is 3.45. The van der Waals surface area contributed by atoms with Gasteiger partial charge in [-0.25, -0.2) is 0 Å². The number of ketones is 2. The minimum Gasteiger partial charge on any atom is -0.379 e. The lowest BCUT2D eigenvalue weighted by molar-refractivity contribution is -0.126. The van der Waals surface area contributed by atoms with E-state index in [1.54, 1.807) is 30.3 Å². The van der Waals surface area contributed by atoms with E-state index >= 15 is 0 Å². The molecule has 142 valence electrons. The molecule has 0 amide bonds. The number of benzene rings is 2. The third-order valence-corrected chi connectivity index (χ3v) is 4.71. The summed E-state index contributed by atoms with van der Waals surface area (Å²) in [6.45, 7) is 7.31. The van der Waals surface area contributed by atoms with Gasteiger partial charge < -0.3 is 14.8 Å². The van der Waals surface area contributed by atoms with Crippen molar-refractivity contribution in [3.63, 3.8) is 0 Å². The summed E-state index contributed by atoms with van der Waals surface area (Å²) in [5.41, 5.74) is 3.50. The average molecular weight is 367 g/mol. The maximum atomic E-state index is 13.2. The van der Waals surface area contributed by atoms with Crippen LogP contribution in [0.25, 0.3) is 0 Å². The number of fused-ring (bicyclic) bond motifs is 2. The topological polar surface area (TPSA) is 64.6 Å². The lowest BCUT2D eigenvalue weighted by Crippen LogP contribution is -2.29. The van der Waals surface area contributed by atoms with Gasteiger partial charge in [0, 0.05) is 35.6 Å². The number of hydrogen-bond donors (Lipinski definition) is 1. The van der Waals surface area contributed by atoms with Crippen LogP contribution >= 0.6 is 0 Å². The summed E-state index contributed by atoms with van der Waals surface area (Å²) in [7, 11) is 0. The molecule has 5 nitrogen and oxygen atoms in total. The van der Waals surface area contributed by atoms with Gasteiger partial charge in [-0.05, 0) is 31.9 Å². The predicted molar refractivity (Wildman–Crippen MR) is 105 cm³/mol. The summed E-state index contributed by atoms with van der Waals surface area (Å²) in [6, 6.07) is 10.7. The van der Waals surface area contributed by atoms with E-state index in [1.165, 1.54) is 0 Å². The molecule has 0 unspecified atom stereocenters. The standard InChI is InChI=1S/C22H25NO4/c1-4-14-11-12-17-19(20(14)23-13-18(26-5-2)27-6-3)22(25)16-10-8-7-9-15(16)21(17)24/h7-12,18,23H,4-6,13H2,1-3H3. The maximum Gasteiger partial charge on any atom is 0.196 e. The van der Waals surface area contributed by atoms with Crippen molar-refractivity contribution < 1.29 is 19.1 Å². The minimum atomic E-state index is -0.415. The van der Waals surface area contributed by atoms with Crippen LogP contribution in [0.1, 0.15) is 58.2 Å². The second-order valence-corrected chi connectivity index (χ2v) is 6.30. The molecule has 2 aromatic rings. The van der Waals surface area contributed by atoms with Gasteiger partial charge in [0.25, 0.3) is 0 Å². The summed E-state index contributed by atoms with van der Waals surface area (Å²) in [6.07, 6.45) is 0.328. The van der Waals surface area contributed by atoms with Crippen molar-refractivity contribution >= 4 is 17.3 Å². The monoisotopic (exact) mass is 367 g/mol. The average Bonchev–Trinajstić information content (AvgIpc) is 2.70. The van der Waals surface area contributed by atoms with Gasteiger partial charge in [0.2, 0.25) is 0 Å². The van der Waals surface area contributed by atoms with E-state index in [0.717, 1.165) is 12.0 Å². The van der Waals surface area contributed by atoms with Gasteiger partial charge in [-0.1, -0.05) is 37.3 Å². The summed E-state index contributed by atoms with van der Waals surface area (Å²) in [5.74, 6) is -0.237. The first-order chi connectivity index (χ1) is 13.1. The Hall–Kier alpha value is -2.50. The quantitative estimate of drug-likeness (QED) is 0.613. The number of ether oxygens (including phenoxy) is 2. The van der Waals surface area contributed by atoms with E-state index in [9.17, 15) is 9.59 Å². The van der Waals surface area contributed by atoms with Crippen LogP contribution in [0.4, 0.5) is 5.69 Å². The molecule has 1 aliphatic carbocycles. The van der Waals surface area contributed by atoms with Crippen LogP contribution in [0.5, 0.6) is 0 Å². The molecule has 0 radical (unpaired) electrons. The summed E-state index contributed by atoms with van der Waals surface area (Å²) < 4.78 is 11.2. The molecule has 0 aliphatic heterocycles. The first kappa shape index (κ1) is 19.3. The highest BCUT2D eigenvalue weighted by molar-refractivity contribution is 6.30. The van der Waals surface area contributed by atoms with Crippen LogP contribution in [0.3, 0.4) is 0 Å². The Morgan fingerprint density at radius 1 is 0.852 bits per heavy atom. The number of carbonyl (C=O) groups is 2. The van der Waals surface area contributed by atoms with E-state index < -0.39 is 6.29 Å². The fraction of sp³-hybridized carbons (Fsp3) is 0.364. The van der Waals surface area contributed by atoms with Crippen LogP contribution in [0.2, 0.25) is 0 Å². The van der Waals surface area contributed by atoms with Gasteiger partial charge in [0.1, 0.15) is 0 Å². The number of aryl methyl sites for hydroxylation is 1. The van der Waals surface area contributed by atoms with Crippen molar-refractivity contribution in [1.82, 2.24) is 0 Å². The van der Waals surface area contributed by atoms with Crippen molar-refractivity contribution in [3.8, 4) is 0 Å². The van der Waals surface area contributed by atoms with Crippen molar-refractivity contribution in [1.29, 1.82) is 0 Å². The smallest absolute Gasteiger partial charge is 0.196 e. The first-order valence-electron chi connectivity index (χ1n) is 9.43. The fourth-order valence-electron chi connectivity index (χ4n) is 3.45. The van der Waals surface area contributed by atoms with E-state index in [4.69, 9.17) is 9.47 Å². The zero-order valence-corrected chi connectivity index (χ0v) is 16.0. The molecule has 3 rings (SSSR count). The van der Waals surface area contributed by atoms with E-state index in [-0.39, 0.29) is 11.6 Å². The lowest BCUT2D eigenvalue weighted by atomic mass is 9.82. The molecule has 0 heterocycles. The zero-order valence-electron chi connectivity index (χ0n) is 16.0. The van der Waals surface area contributed by atoms with Crippen LogP contribution < -0.4 is 5.32 Å². The maximum absolute atomic E-state index is 13.2. The molecule has 5 heteroatoms. The van der Waals surface area contributed by atoms with Crippen molar-refractivity contribution in [2.24, 2.45) is 0 Å². The van der Waals surface area contributed by atoms with Gasteiger partial charge in [-0.3, -0.25) is 9.59 Å². The number of nitrogens with one attached hydrogen (secondary N) is 1. The molecule has 0 aromatic heterocycles. The summed E-state index contributed by atoms with van der Waals surface area (Å²) in [5, 5.41) is 3.32. The first-order valence-corrected chi connectivity index (χ1v) is 9.43. The van der Waals surface area contributed by atoms with Gasteiger partial charge in [-0.2, -0.15) is 0 Å². The van der Waals surface area contributed by atoms with E-state index in [1.807, 2.05) is 26.8 Å². The Bertz CT molecular complexity index is 853. The van der Waals surface area contributed by atoms with Crippen LogP contribution in [0, 0.1) is 0 Å². The van der Waals surface area contributed by atoms with Crippen LogP contribution in [-0.4, -0.2) is 37.6 Å². The van der Waals surface area contributed by atoms with Crippen LogP contribution in [0.15, 0.2) is 36.4 Å². The van der Waals surface area contributed by atoms with E-state index in [0.29, 0.717) is 47.7 Å². The van der Waals surface area contributed by atoms with Crippen molar-refractivity contribution in [2.45, 2.75) is 33.5 Å². The molecule has 27 heavy (non-hydrogen) atoms. The highest BCUT2D eigenvalue weighted by Gasteiger charge is 2.32. The Morgan fingerprint density at radius 3 is 2.07 bits per heavy atom. The molecule has 0 saturated carbocycles. The predicted octanol–water partition coefficient (Wildman–Crippen LogP) is 3.84. The highest BCUT2D eigenvalue weighted by atomic mass is 16.7. The summed E-state index contributed by atoms with van der Waals surface area (Å²) >= 11 is 0. The molecule has 0 fully saturated rings. The second kappa shape index (κ2) is 8.46. The Balaban J connectivity index is 2.02. The number of rotatable bonds is 8. The molecular weight excluding hydrogens is 342 g/mol. The Morgan fingerprint density at radius 2 is 1.48 bits per heavy atom. The molecular formula is C22H25NO4. The highest BCUT2D eigenvalue weighted by Crippen LogP contribution is 2.34. The van der Waals surface area contributed by atoms with Crippen LogP contribution in [-0.2, 0) is 15.9 Å². The van der Waals surface area contributed by atoms with Gasteiger partial charge in [0.15, 0.2) is 17.9 Å². The normalized spacial score (nSPS) is 12.9. The van der Waals surface area contributed by atoms with E-state index in [2.05, 4.69) is 5.32 Å². The molecule has 1 N–H and O–H groups in total. The molecule has 0 spiro atoms. The van der Waals surface area contributed by atoms with Gasteiger partial charge >= 0.3 is 0 Å². The van der Waals surface area contributed by atoms with Crippen molar-refractivity contribution in [2.75, 3.05) is 25.1 Å². The molecule has 2 aromatic carbocycles. The third-order valence-electron chi connectivity index (χ3n) is 4.71. The van der Waals surface area contributed by atoms with Gasteiger partial charge in [-0.15, -0.1) is 0 Å². The van der Waals surface area contributed by atoms with Crippen molar-refractivity contribution in [3.05, 3.63) is 64.2 Å². The second-order valence-electron chi connectivity index (χ2n) is 6.30. The Labute approximate surface area is 159 Å². The zero-order chi connectivity index (χ0) is 19.4. The molecule has 0 bridgehead atoms. The SMILES string of the molecule is CCOC(CNc1c(CC)ccc2c1C(=O)c1ccccc1C2=O)OCC. The molecule has 0 saturated heterocycles. The lowest BCUT2D eigenvalue weighted by Gasteiger charge is -2.24. The molecule has 0 atom stereocenters. The largest absolute Gasteiger partial charge is 0.379 e. The number of carbonyl (C=O) groups excluding carboxylic acids is 2. The third kappa shape index (κ3) is 3.66. The number of hydrogen-bond acceptors (Lipinski definition) is 5. The summed E-state index contributed by atoms with van der Waals surface area (Å²) in [4.78, 5) is 26.1. The minimum absolute atomic E-state index is 0.114. The van der Waals surface area contributed by atoms with Gasteiger partial charge in [0.05, 0.1) is 12.1 Å². The number of anilines is 1.